The summed E-state index contributed by atoms with van der Waals surface area (Å²) in [5.41, 5.74) is 2.29. The molecule has 0 heterocycles. The van der Waals surface area contributed by atoms with Crippen molar-refractivity contribution in [1.29, 1.82) is 0 Å². The highest BCUT2D eigenvalue weighted by molar-refractivity contribution is 6.20. The quantitative estimate of drug-likeness (QED) is 0.833. The lowest BCUT2D eigenvalue weighted by Gasteiger charge is -2.10. The molecule has 1 N–H and O–H groups in total. The van der Waals surface area contributed by atoms with E-state index in [1.54, 1.807) is 0 Å². The Morgan fingerprint density at radius 3 is 2.67 bits per heavy atom. The molecule has 1 aliphatic rings. The molecule has 0 aliphatic heterocycles. The molecular formula is C15H20ClNO. The Kier molecular flexibility index (Phi) is 4.65. The number of nitrogens with one attached hydrogen (secondary N) is 1. The molecular weight excluding hydrogens is 246 g/mol. The molecule has 18 heavy (non-hydrogen) atoms. The van der Waals surface area contributed by atoms with Crippen molar-refractivity contribution in [1.82, 2.24) is 5.32 Å². The maximum atomic E-state index is 11.8. The number of hydrogen-bond acceptors (Lipinski definition) is 1. The van der Waals surface area contributed by atoms with Gasteiger partial charge in [0.1, 0.15) is 0 Å². The summed E-state index contributed by atoms with van der Waals surface area (Å²) < 4.78 is 0. The first-order valence-corrected chi connectivity index (χ1v) is 7.03. The van der Waals surface area contributed by atoms with E-state index < -0.39 is 0 Å². The van der Waals surface area contributed by atoms with Crippen molar-refractivity contribution in [3.63, 3.8) is 0 Å². The monoisotopic (exact) mass is 265 g/mol. The van der Waals surface area contributed by atoms with E-state index >= 15 is 0 Å². The lowest BCUT2D eigenvalue weighted by molar-refractivity contribution is -0.120. The van der Waals surface area contributed by atoms with E-state index in [0.717, 1.165) is 31.4 Å². The Balaban J connectivity index is 1.73. The van der Waals surface area contributed by atoms with Crippen LogP contribution in [0.3, 0.4) is 0 Å². The summed E-state index contributed by atoms with van der Waals surface area (Å²) in [7, 11) is 0. The third-order valence-corrected chi connectivity index (χ3v) is 3.95. The van der Waals surface area contributed by atoms with Gasteiger partial charge in [0.15, 0.2) is 0 Å². The van der Waals surface area contributed by atoms with Gasteiger partial charge in [0.05, 0.1) is 6.42 Å². The van der Waals surface area contributed by atoms with Gasteiger partial charge in [0, 0.05) is 11.9 Å². The Morgan fingerprint density at radius 2 is 2.06 bits per heavy atom. The number of hydrogen-bond donors (Lipinski definition) is 1. The van der Waals surface area contributed by atoms with Gasteiger partial charge in [-0.1, -0.05) is 29.8 Å². The Labute approximate surface area is 114 Å². The average molecular weight is 266 g/mol. The third kappa shape index (κ3) is 4.02. The van der Waals surface area contributed by atoms with Crippen LogP contribution in [0.1, 0.15) is 30.4 Å². The zero-order valence-electron chi connectivity index (χ0n) is 10.8. The van der Waals surface area contributed by atoms with Crippen LogP contribution in [0.5, 0.6) is 0 Å². The van der Waals surface area contributed by atoms with Gasteiger partial charge in [-0.3, -0.25) is 4.79 Å². The molecule has 2 nitrogen and oxygen atoms in total. The minimum Gasteiger partial charge on any atom is -0.356 e. The molecule has 0 saturated heterocycles. The minimum atomic E-state index is 0.108. The number of halogens is 1. The number of rotatable bonds is 4. The van der Waals surface area contributed by atoms with Crippen LogP contribution < -0.4 is 5.32 Å². The number of benzene rings is 1. The van der Waals surface area contributed by atoms with Gasteiger partial charge in [0.25, 0.3) is 0 Å². The third-order valence-electron chi connectivity index (χ3n) is 3.55. The number of alkyl halides is 1. The van der Waals surface area contributed by atoms with Crippen molar-refractivity contribution < 1.29 is 4.79 Å². The van der Waals surface area contributed by atoms with Gasteiger partial charge in [-0.25, -0.2) is 0 Å². The number of carbonyl (C=O) groups is 1. The zero-order valence-corrected chi connectivity index (χ0v) is 11.5. The van der Waals surface area contributed by atoms with Gasteiger partial charge in [0.2, 0.25) is 5.91 Å². The Bertz CT molecular complexity index is 401. The highest BCUT2D eigenvalue weighted by Gasteiger charge is 2.22. The van der Waals surface area contributed by atoms with Gasteiger partial charge in [-0.2, -0.15) is 0 Å². The molecule has 0 bridgehead atoms. The summed E-state index contributed by atoms with van der Waals surface area (Å²) in [5.74, 6) is 0.673. The lowest BCUT2D eigenvalue weighted by Crippen LogP contribution is -2.29. The SMILES string of the molecule is Cc1ccc(CC(=O)NCC2CCC(Cl)C2)cc1. The summed E-state index contributed by atoms with van der Waals surface area (Å²) in [4.78, 5) is 11.8. The lowest BCUT2D eigenvalue weighted by atomic mass is 10.1. The summed E-state index contributed by atoms with van der Waals surface area (Å²) in [5, 5.41) is 3.32. The second-order valence-corrected chi connectivity index (χ2v) is 5.86. The van der Waals surface area contributed by atoms with Gasteiger partial charge < -0.3 is 5.32 Å². The maximum absolute atomic E-state index is 11.8. The highest BCUT2D eigenvalue weighted by Crippen LogP contribution is 2.28. The maximum Gasteiger partial charge on any atom is 0.224 e. The largest absolute Gasteiger partial charge is 0.356 e. The normalized spacial score (nSPS) is 23.0. The molecule has 2 unspecified atom stereocenters. The molecule has 1 aromatic rings. The second-order valence-electron chi connectivity index (χ2n) is 5.24. The number of carbonyl (C=O) groups excluding carboxylic acids is 1. The molecule has 98 valence electrons. The van der Waals surface area contributed by atoms with Gasteiger partial charge in [-0.05, 0) is 37.7 Å². The minimum absolute atomic E-state index is 0.108. The first kappa shape index (κ1) is 13.4. The number of amides is 1. The summed E-state index contributed by atoms with van der Waals surface area (Å²) in [6.45, 7) is 2.82. The van der Waals surface area contributed by atoms with Crippen molar-refractivity contribution in [3.05, 3.63) is 35.4 Å². The fourth-order valence-corrected chi connectivity index (χ4v) is 2.79. The van der Waals surface area contributed by atoms with Crippen molar-refractivity contribution in [2.24, 2.45) is 5.92 Å². The molecule has 1 aliphatic carbocycles. The molecule has 0 aromatic heterocycles. The summed E-state index contributed by atoms with van der Waals surface area (Å²) in [6, 6.07) is 8.11. The van der Waals surface area contributed by atoms with E-state index in [-0.39, 0.29) is 5.91 Å². The fourth-order valence-electron chi connectivity index (χ4n) is 2.41. The Hall–Kier alpha value is -1.02. The average Bonchev–Trinajstić information content (AvgIpc) is 2.76. The van der Waals surface area contributed by atoms with Crippen molar-refractivity contribution in [2.75, 3.05) is 6.54 Å². The van der Waals surface area contributed by atoms with E-state index in [1.165, 1.54) is 5.56 Å². The molecule has 2 atom stereocenters. The first-order valence-electron chi connectivity index (χ1n) is 6.60. The van der Waals surface area contributed by atoms with Crippen molar-refractivity contribution >= 4 is 17.5 Å². The predicted octanol–water partition coefficient (Wildman–Crippen LogP) is 3.06. The first-order chi connectivity index (χ1) is 8.63. The van der Waals surface area contributed by atoms with E-state index in [0.29, 0.717) is 17.7 Å². The smallest absolute Gasteiger partial charge is 0.224 e. The van der Waals surface area contributed by atoms with Crippen LogP contribution in [-0.2, 0) is 11.2 Å². The fraction of sp³-hybridized carbons (Fsp3) is 0.533. The van der Waals surface area contributed by atoms with Crippen LogP contribution in [-0.4, -0.2) is 17.8 Å². The molecule has 1 aromatic carbocycles. The zero-order chi connectivity index (χ0) is 13.0. The van der Waals surface area contributed by atoms with Crippen LogP contribution in [0.15, 0.2) is 24.3 Å². The van der Waals surface area contributed by atoms with E-state index in [4.69, 9.17) is 11.6 Å². The van der Waals surface area contributed by atoms with Crippen molar-refractivity contribution in [3.8, 4) is 0 Å². The van der Waals surface area contributed by atoms with Crippen LogP contribution >= 0.6 is 11.6 Å². The topological polar surface area (TPSA) is 29.1 Å². The van der Waals surface area contributed by atoms with E-state index in [1.807, 2.05) is 31.2 Å². The molecule has 1 saturated carbocycles. The van der Waals surface area contributed by atoms with E-state index in [9.17, 15) is 4.79 Å². The van der Waals surface area contributed by atoms with Crippen LogP contribution in [0, 0.1) is 12.8 Å². The Morgan fingerprint density at radius 1 is 1.33 bits per heavy atom. The molecule has 3 heteroatoms. The van der Waals surface area contributed by atoms with E-state index in [2.05, 4.69) is 5.32 Å². The standard InChI is InChI=1S/C15H20ClNO/c1-11-2-4-12(5-3-11)9-15(18)17-10-13-6-7-14(16)8-13/h2-5,13-14H,6-10H2,1H3,(H,17,18). The molecule has 1 amide bonds. The van der Waals surface area contributed by atoms with Gasteiger partial charge >= 0.3 is 0 Å². The van der Waals surface area contributed by atoms with Gasteiger partial charge in [-0.15, -0.1) is 11.6 Å². The molecule has 0 spiro atoms. The molecule has 1 fully saturated rings. The van der Waals surface area contributed by atoms with Crippen molar-refractivity contribution in [2.45, 2.75) is 38.0 Å². The summed E-state index contributed by atoms with van der Waals surface area (Å²) in [6.07, 6.45) is 3.72. The predicted molar refractivity (Wildman–Crippen MR) is 74.9 cm³/mol. The molecule has 2 rings (SSSR count). The molecule has 0 radical (unpaired) electrons. The highest BCUT2D eigenvalue weighted by atomic mass is 35.5. The summed E-state index contributed by atoms with van der Waals surface area (Å²) >= 11 is 6.05. The van der Waals surface area contributed by atoms with Crippen LogP contribution in [0.25, 0.3) is 0 Å². The van der Waals surface area contributed by atoms with Crippen LogP contribution in [0.4, 0.5) is 0 Å². The second kappa shape index (κ2) is 6.24. The number of aryl methyl sites for hydroxylation is 1. The van der Waals surface area contributed by atoms with Crippen LogP contribution in [0.2, 0.25) is 0 Å².